The average Bonchev–Trinajstić information content (AvgIpc) is 3.07. The zero-order valence-electron chi connectivity index (χ0n) is 12.4. The smallest absolute Gasteiger partial charge is 0.323 e. The number of aromatic amines is 2. The zero-order valence-corrected chi connectivity index (χ0v) is 13.9. The molecular formula is C15H15BrN4O3. The minimum absolute atomic E-state index is 0.156. The molecule has 0 spiro atoms. The number of benzene rings is 1. The zero-order chi connectivity index (χ0) is 16.4. The maximum atomic E-state index is 12.2. The topological polar surface area (TPSA) is 94.1 Å². The molecule has 0 unspecified atom stereocenters. The van der Waals surface area contributed by atoms with Crippen molar-refractivity contribution >= 4 is 38.6 Å². The molecule has 0 aliphatic heterocycles. The van der Waals surface area contributed by atoms with E-state index in [9.17, 15) is 9.59 Å². The van der Waals surface area contributed by atoms with Crippen LogP contribution in [0.2, 0.25) is 0 Å². The third-order valence-electron chi connectivity index (χ3n) is 3.30. The summed E-state index contributed by atoms with van der Waals surface area (Å²) in [5.74, 6) is 0.643. The number of nitrogens with zero attached hydrogens (tertiary/aromatic N) is 1. The molecule has 23 heavy (non-hydrogen) atoms. The summed E-state index contributed by atoms with van der Waals surface area (Å²) in [6.45, 7) is 0.764. The normalized spacial score (nSPS) is 11.3. The molecule has 0 saturated heterocycles. The van der Waals surface area contributed by atoms with E-state index in [1.165, 1.54) is 0 Å². The predicted octanol–water partition coefficient (Wildman–Crippen LogP) is 2.28. The highest BCUT2D eigenvalue weighted by molar-refractivity contribution is 9.10. The van der Waals surface area contributed by atoms with Gasteiger partial charge in [-0.05, 0) is 47.2 Å². The van der Waals surface area contributed by atoms with Gasteiger partial charge in [0, 0.05) is 4.47 Å². The first kappa shape index (κ1) is 15.6. The Labute approximate surface area is 139 Å². The van der Waals surface area contributed by atoms with Gasteiger partial charge in [-0.3, -0.25) is 9.69 Å². The Bertz CT molecular complexity index is 882. The van der Waals surface area contributed by atoms with Crippen LogP contribution in [0.1, 0.15) is 5.76 Å². The van der Waals surface area contributed by atoms with Crippen molar-refractivity contribution in [2.24, 2.45) is 0 Å². The molecule has 1 amide bonds. The van der Waals surface area contributed by atoms with E-state index in [0.717, 1.165) is 5.76 Å². The predicted molar refractivity (Wildman–Crippen MR) is 90.3 cm³/mol. The van der Waals surface area contributed by atoms with Crippen molar-refractivity contribution in [2.45, 2.75) is 6.54 Å². The van der Waals surface area contributed by atoms with Crippen LogP contribution in [0.5, 0.6) is 0 Å². The van der Waals surface area contributed by atoms with Crippen molar-refractivity contribution < 1.29 is 9.21 Å². The number of amides is 1. The molecule has 2 heterocycles. The summed E-state index contributed by atoms with van der Waals surface area (Å²) in [6, 6.07) is 7.13. The second kappa shape index (κ2) is 6.43. The standard InChI is InChI=1S/C15H15BrN4O3/c1-20(7-9-3-2-4-23-9)8-14(21)17-11-6-13-12(5-10(11)16)18-15(22)19-13/h2-6H,7-8H2,1H3,(H,17,21)(H2,18,19,22). The van der Waals surface area contributed by atoms with Crippen molar-refractivity contribution in [1.29, 1.82) is 0 Å². The molecular weight excluding hydrogens is 364 g/mol. The molecule has 0 fully saturated rings. The minimum atomic E-state index is -0.284. The number of aromatic nitrogens is 2. The largest absolute Gasteiger partial charge is 0.468 e. The van der Waals surface area contributed by atoms with Crippen molar-refractivity contribution in [2.75, 3.05) is 18.9 Å². The Kier molecular flexibility index (Phi) is 4.35. The van der Waals surface area contributed by atoms with E-state index in [0.29, 0.717) is 27.7 Å². The summed E-state index contributed by atoms with van der Waals surface area (Å²) in [4.78, 5) is 30.6. The fourth-order valence-corrected chi connectivity index (χ4v) is 2.75. The van der Waals surface area contributed by atoms with Crippen molar-refractivity contribution in [3.63, 3.8) is 0 Å². The number of halogens is 1. The summed E-state index contributed by atoms with van der Waals surface area (Å²) in [7, 11) is 1.84. The molecule has 0 radical (unpaired) electrons. The maximum absolute atomic E-state index is 12.2. The van der Waals surface area contributed by atoms with Crippen LogP contribution in [0.3, 0.4) is 0 Å². The van der Waals surface area contributed by atoms with Gasteiger partial charge in [-0.25, -0.2) is 4.79 Å². The lowest BCUT2D eigenvalue weighted by molar-refractivity contribution is -0.117. The first-order valence-corrected chi connectivity index (χ1v) is 7.73. The Balaban J connectivity index is 1.67. The Morgan fingerprint density at radius 3 is 2.78 bits per heavy atom. The van der Waals surface area contributed by atoms with Gasteiger partial charge in [0.2, 0.25) is 5.91 Å². The Hall–Kier alpha value is -2.32. The molecule has 0 aliphatic rings. The van der Waals surface area contributed by atoms with Gasteiger partial charge in [0.1, 0.15) is 5.76 Å². The van der Waals surface area contributed by atoms with Gasteiger partial charge in [0.25, 0.3) is 0 Å². The van der Waals surface area contributed by atoms with E-state index >= 15 is 0 Å². The first-order valence-electron chi connectivity index (χ1n) is 6.93. The van der Waals surface area contributed by atoms with Gasteiger partial charge >= 0.3 is 5.69 Å². The molecule has 0 aliphatic carbocycles. The van der Waals surface area contributed by atoms with Gasteiger partial charge in [-0.1, -0.05) is 0 Å². The fraction of sp³-hybridized carbons (Fsp3) is 0.200. The number of carbonyl (C=O) groups excluding carboxylic acids is 1. The third-order valence-corrected chi connectivity index (χ3v) is 3.95. The van der Waals surface area contributed by atoms with Crippen LogP contribution in [-0.2, 0) is 11.3 Å². The average molecular weight is 379 g/mol. The highest BCUT2D eigenvalue weighted by atomic mass is 79.9. The second-order valence-corrected chi connectivity index (χ2v) is 6.11. The van der Waals surface area contributed by atoms with Gasteiger partial charge < -0.3 is 19.7 Å². The Morgan fingerprint density at radius 2 is 2.09 bits per heavy atom. The quantitative estimate of drug-likeness (QED) is 0.634. The van der Waals surface area contributed by atoms with Gasteiger partial charge in [-0.15, -0.1) is 0 Å². The number of likely N-dealkylation sites (N-methyl/N-ethyl adjacent to an activating group) is 1. The number of furan rings is 1. The fourth-order valence-electron chi connectivity index (χ4n) is 2.31. The number of nitrogens with one attached hydrogen (secondary N) is 3. The minimum Gasteiger partial charge on any atom is -0.468 e. The van der Waals surface area contributed by atoms with E-state index < -0.39 is 0 Å². The van der Waals surface area contributed by atoms with Gasteiger partial charge in [0.05, 0.1) is 36.1 Å². The Morgan fingerprint density at radius 1 is 1.35 bits per heavy atom. The maximum Gasteiger partial charge on any atom is 0.323 e. The molecule has 8 heteroatoms. The molecule has 0 atom stereocenters. The lowest BCUT2D eigenvalue weighted by Gasteiger charge is -2.15. The molecule has 3 aromatic rings. The highest BCUT2D eigenvalue weighted by Crippen LogP contribution is 2.26. The van der Waals surface area contributed by atoms with E-state index in [2.05, 4.69) is 31.2 Å². The number of hydrogen-bond acceptors (Lipinski definition) is 4. The number of rotatable bonds is 5. The third kappa shape index (κ3) is 3.72. The van der Waals surface area contributed by atoms with Crippen LogP contribution in [0.15, 0.2) is 44.2 Å². The number of carbonyl (C=O) groups is 1. The molecule has 2 aromatic heterocycles. The summed E-state index contributed by atoms with van der Waals surface area (Å²) in [5, 5.41) is 2.83. The number of anilines is 1. The van der Waals surface area contributed by atoms with Gasteiger partial charge in [0.15, 0.2) is 0 Å². The number of H-pyrrole nitrogens is 2. The molecule has 0 bridgehead atoms. The first-order chi connectivity index (χ1) is 11.0. The van der Waals surface area contributed by atoms with Crippen LogP contribution >= 0.6 is 15.9 Å². The van der Waals surface area contributed by atoms with Crippen LogP contribution in [-0.4, -0.2) is 34.4 Å². The van der Waals surface area contributed by atoms with E-state index in [4.69, 9.17) is 4.42 Å². The van der Waals surface area contributed by atoms with E-state index in [1.54, 1.807) is 18.4 Å². The summed E-state index contributed by atoms with van der Waals surface area (Å²) in [5.41, 5.74) is 1.63. The molecule has 3 N–H and O–H groups in total. The van der Waals surface area contributed by atoms with Crippen molar-refractivity contribution in [3.05, 3.63) is 51.2 Å². The number of fused-ring (bicyclic) bond motifs is 1. The lowest BCUT2D eigenvalue weighted by Crippen LogP contribution is -2.29. The van der Waals surface area contributed by atoms with Crippen LogP contribution in [0.4, 0.5) is 5.69 Å². The number of hydrogen-bond donors (Lipinski definition) is 3. The lowest BCUT2D eigenvalue weighted by atomic mass is 10.2. The van der Waals surface area contributed by atoms with Crippen LogP contribution in [0.25, 0.3) is 11.0 Å². The highest BCUT2D eigenvalue weighted by Gasteiger charge is 2.12. The summed E-state index contributed by atoms with van der Waals surface area (Å²) in [6.07, 6.45) is 1.60. The molecule has 1 aromatic carbocycles. The molecule has 0 saturated carbocycles. The summed E-state index contributed by atoms with van der Waals surface area (Å²) < 4.78 is 5.95. The van der Waals surface area contributed by atoms with Gasteiger partial charge in [-0.2, -0.15) is 0 Å². The SMILES string of the molecule is CN(CC(=O)Nc1cc2[nH]c(=O)[nH]c2cc1Br)Cc1ccco1. The number of imidazole rings is 1. The monoisotopic (exact) mass is 378 g/mol. The van der Waals surface area contributed by atoms with Crippen LogP contribution in [0, 0.1) is 0 Å². The molecule has 7 nitrogen and oxygen atoms in total. The summed E-state index contributed by atoms with van der Waals surface area (Å²) >= 11 is 3.39. The van der Waals surface area contributed by atoms with Crippen molar-refractivity contribution in [3.8, 4) is 0 Å². The molecule has 3 rings (SSSR count). The molecule has 120 valence electrons. The van der Waals surface area contributed by atoms with Crippen molar-refractivity contribution in [1.82, 2.24) is 14.9 Å². The second-order valence-electron chi connectivity index (χ2n) is 5.26. The van der Waals surface area contributed by atoms with E-state index in [-0.39, 0.29) is 18.1 Å². The van der Waals surface area contributed by atoms with E-state index in [1.807, 2.05) is 24.1 Å². The van der Waals surface area contributed by atoms with Crippen LogP contribution < -0.4 is 11.0 Å².